The van der Waals surface area contributed by atoms with Gasteiger partial charge in [-0.25, -0.2) is 4.99 Å². The highest BCUT2D eigenvalue weighted by atomic mass is 32.2. The molecule has 1 amide bonds. The summed E-state index contributed by atoms with van der Waals surface area (Å²) >= 11 is 1.32. The molecular weight excluding hydrogens is 414 g/mol. The number of carbonyl (C=O) groups excluding carboxylic acids is 2. The molecule has 8 heteroatoms. The van der Waals surface area contributed by atoms with Crippen LogP contribution in [0.5, 0.6) is 5.75 Å². The number of aliphatic imine (C=N–C) groups is 1. The predicted molar refractivity (Wildman–Crippen MR) is 124 cm³/mol. The smallest absolute Gasteiger partial charge is 0.311 e. The molecule has 2 aromatic carbocycles. The number of ether oxygens (including phenoxy) is 2. The predicted octanol–water partition coefficient (Wildman–Crippen LogP) is 4.04. The second-order valence-corrected chi connectivity index (χ2v) is 7.65. The van der Waals surface area contributed by atoms with Crippen molar-refractivity contribution in [2.75, 3.05) is 24.8 Å². The van der Waals surface area contributed by atoms with Crippen LogP contribution < -0.4 is 15.4 Å². The first-order chi connectivity index (χ1) is 15.1. The van der Waals surface area contributed by atoms with Crippen molar-refractivity contribution in [3.63, 3.8) is 0 Å². The van der Waals surface area contributed by atoms with Gasteiger partial charge in [-0.2, -0.15) is 0 Å². The molecule has 3 rings (SSSR count). The average Bonchev–Trinajstić information content (AvgIpc) is 2.95. The van der Waals surface area contributed by atoms with Crippen molar-refractivity contribution in [2.45, 2.75) is 19.9 Å². The summed E-state index contributed by atoms with van der Waals surface area (Å²) in [7, 11) is 1.62. The Labute approximate surface area is 185 Å². The molecule has 1 heterocycles. The van der Waals surface area contributed by atoms with Crippen molar-refractivity contribution in [2.24, 2.45) is 4.99 Å². The van der Waals surface area contributed by atoms with Gasteiger partial charge in [0.1, 0.15) is 5.75 Å². The van der Waals surface area contributed by atoms with Crippen LogP contribution in [0.2, 0.25) is 0 Å². The van der Waals surface area contributed by atoms with Crippen LogP contribution >= 0.6 is 11.8 Å². The fraction of sp³-hybridized carbons (Fsp3) is 0.261. The van der Waals surface area contributed by atoms with Crippen molar-refractivity contribution >= 4 is 40.1 Å². The summed E-state index contributed by atoms with van der Waals surface area (Å²) in [6.07, 6.45) is 1.89. The molecule has 1 aliphatic rings. The molecule has 1 aliphatic heterocycles. The monoisotopic (exact) mass is 439 g/mol. The highest BCUT2D eigenvalue weighted by Crippen LogP contribution is 2.31. The van der Waals surface area contributed by atoms with E-state index in [4.69, 9.17) is 9.47 Å². The normalized spacial score (nSPS) is 12.5. The summed E-state index contributed by atoms with van der Waals surface area (Å²) in [6.45, 7) is 2.53. The Balaban J connectivity index is 1.62. The van der Waals surface area contributed by atoms with Crippen LogP contribution in [0.25, 0.3) is 0 Å². The molecule has 0 spiro atoms. The topological polar surface area (TPSA) is 89.0 Å². The fourth-order valence-electron chi connectivity index (χ4n) is 2.86. The van der Waals surface area contributed by atoms with Crippen LogP contribution in [-0.2, 0) is 20.9 Å². The molecule has 0 aliphatic carbocycles. The van der Waals surface area contributed by atoms with Gasteiger partial charge in [-0.1, -0.05) is 36.0 Å². The van der Waals surface area contributed by atoms with Gasteiger partial charge in [0.2, 0.25) is 5.91 Å². The fourth-order valence-corrected chi connectivity index (χ4v) is 3.63. The number of hydrogen-bond donors (Lipinski definition) is 2. The lowest BCUT2D eigenvalue weighted by Crippen LogP contribution is -2.25. The van der Waals surface area contributed by atoms with Crippen LogP contribution in [-0.4, -0.2) is 36.4 Å². The SMILES string of the molecule is CCOC(=O)CC1=CC(SCC(=O)NCc2ccc(OC)cc2)=Nc2ccccc2N1. The summed E-state index contributed by atoms with van der Waals surface area (Å²) in [5.74, 6) is 0.563. The number of nitrogens with one attached hydrogen (secondary N) is 2. The Morgan fingerprint density at radius 3 is 2.65 bits per heavy atom. The second-order valence-electron chi connectivity index (χ2n) is 6.66. The van der Waals surface area contributed by atoms with Gasteiger partial charge in [0, 0.05) is 12.2 Å². The molecule has 0 bridgehead atoms. The number of methoxy groups -OCH3 is 1. The summed E-state index contributed by atoms with van der Waals surface area (Å²) in [5.41, 5.74) is 3.21. The lowest BCUT2D eigenvalue weighted by molar-refractivity contribution is -0.142. The van der Waals surface area contributed by atoms with Crippen LogP contribution in [0.1, 0.15) is 18.9 Å². The van der Waals surface area contributed by atoms with Crippen molar-refractivity contribution in [3.05, 3.63) is 65.9 Å². The Morgan fingerprint density at radius 1 is 1.13 bits per heavy atom. The number of carbonyl (C=O) groups is 2. The van der Waals surface area contributed by atoms with Crippen molar-refractivity contribution in [1.29, 1.82) is 0 Å². The molecule has 2 N–H and O–H groups in total. The van der Waals surface area contributed by atoms with E-state index in [0.29, 0.717) is 23.9 Å². The number of esters is 1. The molecule has 0 fully saturated rings. The molecular formula is C23H25N3O4S. The van der Waals surface area contributed by atoms with E-state index in [0.717, 1.165) is 22.7 Å². The van der Waals surface area contributed by atoms with E-state index in [1.807, 2.05) is 48.5 Å². The van der Waals surface area contributed by atoms with Gasteiger partial charge in [-0.3, -0.25) is 9.59 Å². The maximum Gasteiger partial charge on any atom is 0.311 e. The molecule has 0 atom stereocenters. The van der Waals surface area contributed by atoms with Gasteiger partial charge < -0.3 is 20.1 Å². The lowest BCUT2D eigenvalue weighted by atomic mass is 10.2. The van der Waals surface area contributed by atoms with Crippen LogP contribution in [0, 0.1) is 0 Å². The van der Waals surface area contributed by atoms with E-state index in [1.165, 1.54) is 11.8 Å². The first-order valence-corrected chi connectivity index (χ1v) is 10.9. The zero-order valence-electron chi connectivity index (χ0n) is 17.5. The average molecular weight is 440 g/mol. The third-order valence-electron chi connectivity index (χ3n) is 4.37. The Hall–Kier alpha value is -3.26. The number of nitrogens with zero attached hydrogens (tertiary/aromatic N) is 1. The maximum atomic E-state index is 12.3. The standard InChI is InChI=1S/C23H25N3O4S/c1-3-30-23(28)13-17-12-22(26-20-7-5-4-6-19(20)25-17)31-15-21(27)24-14-16-8-10-18(29-2)11-9-16/h4-12,25H,3,13-15H2,1-2H3,(H,24,27). The molecule has 2 aromatic rings. The van der Waals surface area contributed by atoms with Crippen LogP contribution in [0.15, 0.2) is 65.3 Å². The number of rotatable bonds is 8. The summed E-state index contributed by atoms with van der Waals surface area (Å²) in [4.78, 5) is 28.9. The maximum absolute atomic E-state index is 12.3. The van der Waals surface area contributed by atoms with Crippen molar-refractivity contribution < 1.29 is 19.1 Å². The van der Waals surface area contributed by atoms with E-state index in [1.54, 1.807) is 20.1 Å². The van der Waals surface area contributed by atoms with Gasteiger partial charge >= 0.3 is 5.97 Å². The highest BCUT2D eigenvalue weighted by molar-refractivity contribution is 8.14. The largest absolute Gasteiger partial charge is 0.497 e. The third kappa shape index (κ3) is 6.89. The molecule has 31 heavy (non-hydrogen) atoms. The van der Waals surface area contributed by atoms with Crippen molar-refractivity contribution in [1.82, 2.24) is 5.32 Å². The molecule has 0 radical (unpaired) electrons. The number of para-hydroxylation sites is 2. The number of fused-ring (bicyclic) bond motifs is 1. The first kappa shape index (κ1) is 22.4. The van der Waals surface area contributed by atoms with Gasteiger partial charge in [0.05, 0.1) is 42.3 Å². The second kappa shape index (κ2) is 11.2. The summed E-state index contributed by atoms with van der Waals surface area (Å²) in [5, 5.41) is 6.80. The molecule has 0 saturated heterocycles. The summed E-state index contributed by atoms with van der Waals surface area (Å²) in [6, 6.07) is 15.1. The van der Waals surface area contributed by atoms with Crippen LogP contribution in [0.4, 0.5) is 11.4 Å². The first-order valence-electron chi connectivity index (χ1n) is 9.90. The van der Waals surface area contributed by atoms with E-state index in [2.05, 4.69) is 15.6 Å². The molecule has 0 saturated carbocycles. The van der Waals surface area contributed by atoms with E-state index in [9.17, 15) is 9.59 Å². The minimum Gasteiger partial charge on any atom is -0.497 e. The van der Waals surface area contributed by atoms with E-state index in [-0.39, 0.29) is 24.1 Å². The number of benzene rings is 2. The zero-order chi connectivity index (χ0) is 22.1. The number of amides is 1. The van der Waals surface area contributed by atoms with E-state index >= 15 is 0 Å². The van der Waals surface area contributed by atoms with Gasteiger partial charge in [0.15, 0.2) is 0 Å². The van der Waals surface area contributed by atoms with Gasteiger partial charge in [0.25, 0.3) is 0 Å². The molecule has 162 valence electrons. The number of anilines is 1. The molecule has 0 unspecified atom stereocenters. The Morgan fingerprint density at radius 2 is 1.90 bits per heavy atom. The van der Waals surface area contributed by atoms with Gasteiger partial charge in [-0.15, -0.1) is 0 Å². The lowest BCUT2D eigenvalue weighted by Gasteiger charge is -2.10. The van der Waals surface area contributed by atoms with Crippen molar-refractivity contribution in [3.8, 4) is 5.75 Å². The highest BCUT2D eigenvalue weighted by Gasteiger charge is 2.15. The Bertz CT molecular complexity index is 987. The van der Waals surface area contributed by atoms with E-state index < -0.39 is 0 Å². The minimum atomic E-state index is -0.317. The summed E-state index contributed by atoms with van der Waals surface area (Å²) < 4.78 is 10.2. The molecule has 0 aromatic heterocycles. The zero-order valence-corrected chi connectivity index (χ0v) is 18.3. The van der Waals surface area contributed by atoms with Crippen LogP contribution in [0.3, 0.4) is 0 Å². The third-order valence-corrected chi connectivity index (χ3v) is 5.28. The minimum absolute atomic E-state index is 0.102. The quantitative estimate of drug-likeness (QED) is 0.604. The Kier molecular flexibility index (Phi) is 8.12. The molecule has 7 nitrogen and oxygen atoms in total. The number of hydrogen-bond acceptors (Lipinski definition) is 7. The number of thioether (sulfide) groups is 1. The van der Waals surface area contributed by atoms with Gasteiger partial charge in [-0.05, 0) is 42.8 Å².